The molecule has 8 nitrogen and oxygen atoms in total. The second-order valence-corrected chi connectivity index (χ2v) is 10.1. The van der Waals surface area contributed by atoms with Crippen molar-refractivity contribution in [3.8, 4) is 28.0 Å². The van der Waals surface area contributed by atoms with Gasteiger partial charge in [0.15, 0.2) is 10.9 Å². The number of para-hydroxylation sites is 1. The van der Waals surface area contributed by atoms with Crippen LogP contribution >= 0.6 is 34.3 Å². The molecule has 0 aliphatic heterocycles. The van der Waals surface area contributed by atoms with Crippen molar-refractivity contribution in [2.45, 2.75) is 6.92 Å². The van der Waals surface area contributed by atoms with E-state index < -0.39 is 22.3 Å². The molecule has 34 heavy (non-hydrogen) atoms. The Morgan fingerprint density at radius 2 is 1.88 bits per heavy atom. The fourth-order valence-electron chi connectivity index (χ4n) is 3.67. The van der Waals surface area contributed by atoms with E-state index in [4.69, 9.17) is 11.6 Å². The minimum atomic E-state index is -0.636. The van der Waals surface area contributed by atoms with Crippen molar-refractivity contribution in [2.75, 3.05) is 0 Å². The van der Waals surface area contributed by atoms with Gasteiger partial charge in [-0.15, -0.1) is 11.3 Å². The van der Waals surface area contributed by atoms with E-state index in [2.05, 4.69) is 4.98 Å². The molecule has 3 aromatic heterocycles. The molecule has 0 bridgehead atoms. The van der Waals surface area contributed by atoms with Crippen LogP contribution < -0.4 is 0 Å². The van der Waals surface area contributed by atoms with E-state index in [-0.39, 0.29) is 27.6 Å². The summed E-state index contributed by atoms with van der Waals surface area (Å²) in [5.41, 5.74) is 0.451. The van der Waals surface area contributed by atoms with E-state index >= 15 is 0 Å². The lowest BCUT2D eigenvalue weighted by Gasteiger charge is -2.09. The highest BCUT2D eigenvalue weighted by Crippen LogP contribution is 2.46. The lowest BCUT2D eigenvalue weighted by atomic mass is 10.0. The third-order valence-corrected chi connectivity index (χ3v) is 7.50. The Hall–Kier alpha value is -3.73. The number of carbonyl (C=O) groups excluding carboxylic acids is 1. The van der Waals surface area contributed by atoms with Gasteiger partial charge in [-0.3, -0.25) is 19.5 Å². The maximum Gasteiger partial charge on any atom is 0.270 e. The van der Waals surface area contributed by atoms with Gasteiger partial charge in [0.05, 0.1) is 30.8 Å². The SMILES string of the molecule is Cc1ccc(C(=O)c2c(O)c(O)n(-c3nc4c(Cl)cccc4s3)c2-c2cccc([N+](=O)[O-])c2)s1. The second-order valence-electron chi connectivity index (χ2n) is 7.36. The Morgan fingerprint density at radius 3 is 2.56 bits per heavy atom. The zero-order valence-corrected chi connectivity index (χ0v) is 19.7. The van der Waals surface area contributed by atoms with Crippen molar-refractivity contribution in [3.05, 3.63) is 85.1 Å². The average molecular weight is 512 g/mol. The van der Waals surface area contributed by atoms with Crippen molar-refractivity contribution in [1.82, 2.24) is 9.55 Å². The Labute approximate surface area is 205 Å². The normalized spacial score (nSPS) is 11.2. The number of non-ortho nitro benzene ring substituents is 1. The zero-order valence-electron chi connectivity index (χ0n) is 17.4. The number of thiophene rings is 1. The molecule has 5 rings (SSSR count). The van der Waals surface area contributed by atoms with Gasteiger partial charge in [-0.2, -0.15) is 0 Å². The Balaban J connectivity index is 1.84. The average Bonchev–Trinajstić information content (AvgIpc) is 3.50. The topological polar surface area (TPSA) is 118 Å². The summed E-state index contributed by atoms with van der Waals surface area (Å²) >= 11 is 8.70. The number of nitro benzene ring substituents is 1. The summed E-state index contributed by atoms with van der Waals surface area (Å²) in [5, 5.41) is 33.9. The number of aromatic hydroxyl groups is 2. The van der Waals surface area contributed by atoms with Gasteiger partial charge >= 0.3 is 0 Å². The Bertz CT molecular complexity index is 1620. The first-order chi connectivity index (χ1) is 16.3. The number of nitro groups is 1. The molecule has 0 unspecified atom stereocenters. The fourth-order valence-corrected chi connectivity index (χ4v) is 5.76. The Morgan fingerprint density at radius 1 is 1.12 bits per heavy atom. The van der Waals surface area contributed by atoms with Crippen molar-refractivity contribution in [3.63, 3.8) is 0 Å². The first kappa shape index (κ1) is 22.1. The molecular formula is C23H14ClN3O5S2. The van der Waals surface area contributed by atoms with Gasteiger partial charge in [-0.1, -0.05) is 41.1 Å². The molecule has 0 saturated carbocycles. The summed E-state index contributed by atoms with van der Waals surface area (Å²) in [4.78, 5) is 30.1. The number of carbonyl (C=O) groups is 1. The maximum atomic E-state index is 13.5. The molecule has 11 heteroatoms. The molecule has 0 saturated heterocycles. The van der Waals surface area contributed by atoms with Crippen LogP contribution in [-0.4, -0.2) is 30.5 Å². The van der Waals surface area contributed by atoms with Crippen molar-refractivity contribution < 1.29 is 19.9 Å². The van der Waals surface area contributed by atoms with Crippen LogP contribution in [0.15, 0.2) is 54.6 Å². The number of nitrogens with zero attached hydrogens (tertiary/aromatic N) is 3. The third kappa shape index (κ3) is 3.52. The largest absolute Gasteiger partial charge is 0.503 e. The van der Waals surface area contributed by atoms with Gasteiger partial charge in [-0.05, 0) is 31.2 Å². The summed E-state index contributed by atoms with van der Waals surface area (Å²) in [6.07, 6.45) is 0. The lowest BCUT2D eigenvalue weighted by molar-refractivity contribution is -0.384. The highest BCUT2D eigenvalue weighted by molar-refractivity contribution is 7.21. The molecule has 170 valence electrons. The minimum absolute atomic E-state index is 0.0879. The van der Waals surface area contributed by atoms with E-state index in [1.54, 1.807) is 36.4 Å². The van der Waals surface area contributed by atoms with Crippen molar-refractivity contribution in [2.24, 2.45) is 0 Å². The molecular weight excluding hydrogens is 498 g/mol. The molecule has 2 N–H and O–H groups in total. The summed E-state index contributed by atoms with van der Waals surface area (Å²) in [6, 6.07) is 14.3. The second kappa shape index (κ2) is 8.24. The van der Waals surface area contributed by atoms with E-state index in [9.17, 15) is 25.1 Å². The van der Waals surface area contributed by atoms with Gasteiger partial charge in [0.2, 0.25) is 11.7 Å². The van der Waals surface area contributed by atoms with Crippen LogP contribution in [0.5, 0.6) is 11.6 Å². The van der Waals surface area contributed by atoms with Crippen LogP contribution in [0.25, 0.3) is 26.6 Å². The number of hydrogen-bond donors (Lipinski definition) is 2. The predicted molar refractivity (Wildman–Crippen MR) is 132 cm³/mol. The molecule has 0 atom stereocenters. The number of thiazole rings is 1. The van der Waals surface area contributed by atoms with Gasteiger partial charge < -0.3 is 10.2 Å². The lowest BCUT2D eigenvalue weighted by Crippen LogP contribution is -2.03. The van der Waals surface area contributed by atoms with Gasteiger partial charge in [0, 0.05) is 22.6 Å². The molecule has 0 spiro atoms. The molecule has 2 aromatic carbocycles. The highest BCUT2D eigenvalue weighted by Gasteiger charge is 2.32. The number of ketones is 1. The number of hydrogen-bond acceptors (Lipinski definition) is 8. The van der Waals surface area contributed by atoms with Crippen molar-refractivity contribution in [1.29, 1.82) is 0 Å². The first-order valence-electron chi connectivity index (χ1n) is 9.84. The zero-order chi connectivity index (χ0) is 24.1. The highest BCUT2D eigenvalue weighted by atomic mass is 35.5. The van der Waals surface area contributed by atoms with Crippen LogP contribution in [-0.2, 0) is 0 Å². The minimum Gasteiger partial charge on any atom is -0.503 e. The molecule has 0 aliphatic carbocycles. The van der Waals surface area contributed by atoms with E-state index in [1.165, 1.54) is 45.4 Å². The number of benzene rings is 2. The van der Waals surface area contributed by atoms with Gasteiger partial charge in [0.25, 0.3) is 5.69 Å². The maximum absolute atomic E-state index is 13.5. The third-order valence-electron chi connectivity index (χ3n) is 5.19. The number of halogens is 1. The Kier molecular flexibility index (Phi) is 5.35. The van der Waals surface area contributed by atoms with E-state index in [0.717, 1.165) is 9.58 Å². The van der Waals surface area contributed by atoms with Crippen LogP contribution in [0.3, 0.4) is 0 Å². The number of aromatic nitrogens is 2. The standard InChI is InChI=1S/C23H14ClN3O5S2/c1-11-8-9-16(33-11)20(28)17-19(12-4-2-5-13(10-12)27(31)32)26(22(30)21(17)29)23-25-18-14(24)6-3-7-15(18)34-23/h2-10,29-30H,1H3. The molecule has 0 amide bonds. The molecule has 0 radical (unpaired) electrons. The first-order valence-corrected chi connectivity index (χ1v) is 11.9. The summed E-state index contributed by atoms with van der Waals surface area (Å²) in [7, 11) is 0. The molecule has 0 aliphatic rings. The number of aryl methyl sites for hydroxylation is 1. The van der Waals surface area contributed by atoms with Crippen molar-refractivity contribution >= 4 is 56.0 Å². The monoisotopic (exact) mass is 511 g/mol. The molecule has 0 fully saturated rings. The van der Waals surface area contributed by atoms with Crippen LogP contribution in [0.4, 0.5) is 5.69 Å². The quantitative estimate of drug-likeness (QED) is 0.162. The van der Waals surface area contributed by atoms with Gasteiger partial charge in [0.1, 0.15) is 5.52 Å². The van der Waals surface area contributed by atoms with E-state index in [0.29, 0.717) is 15.4 Å². The van der Waals surface area contributed by atoms with Crippen LogP contribution in [0.1, 0.15) is 20.1 Å². The number of fused-ring (bicyclic) bond motifs is 1. The fraction of sp³-hybridized carbons (Fsp3) is 0.0435. The molecule has 5 aromatic rings. The van der Waals surface area contributed by atoms with Crippen LogP contribution in [0, 0.1) is 17.0 Å². The smallest absolute Gasteiger partial charge is 0.270 e. The summed E-state index contributed by atoms with van der Waals surface area (Å²) in [5.74, 6) is -1.76. The van der Waals surface area contributed by atoms with Gasteiger partial charge in [-0.25, -0.2) is 4.98 Å². The molecule has 3 heterocycles. The van der Waals surface area contributed by atoms with E-state index in [1.807, 2.05) is 6.92 Å². The summed E-state index contributed by atoms with van der Waals surface area (Å²) < 4.78 is 1.95. The summed E-state index contributed by atoms with van der Waals surface area (Å²) in [6.45, 7) is 1.84. The van der Waals surface area contributed by atoms with Crippen LogP contribution in [0.2, 0.25) is 5.02 Å². The number of rotatable bonds is 5. The predicted octanol–water partition coefficient (Wildman–Crippen LogP) is 6.33.